The highest BCUT2D eigenvalue weighted by Gasteiger charge is 1.80. The first-order valence-corrected chi connectivity index (χ1v) is 2.41. The zero-order valence-electron chi connectivity index (χ0n) is 4.33. The van der Waals surface area contributed by atoms with Gasteiger partial charge in [0.05, 0.1) is 0 Å². The van der Waals surface area contributed by atoms with E-state index in [4.69, 9.17) is 0 Å². The van der Waals surface area contributed by atoms with Gasteiger partial charge < -0.3 is 4.59 Å². The molecule has 0 fully saturated rings. The van der Waals surface area contributed by atoms with Crippen molar-refractivity contribution in [3.63, 3.8) is 0 Å². The minimum atomic E-state index is 0.965. The van der Waals surface area contributed by atoms with E-state index in [0.717, 1.165) is 7.41 Å². The summed E-state index contributed by atoms with van der Waals surface area (Å²) in [5.74, 6) is 0. The molecular weight excluding hydrogens is 86.9 g/mol. The van der Waals surface area contributed by atoms with Gasteiger partial charge in [-0.25, -0.2) is 0 Å². The van der Waals surface area contributed by atoms with Crippen LogP contribution in [-0.4, -0.2) is 17.1 Å². The molecule has 3 heteroatoms. The van der Waals surface area contributed by atoms with Crippen molar-refractivity contribution in [2.75, 3.05) is 0 Å². The zero-order valence-corrected chi connectivity index (χ0v) is 4.33. The Morgan fingerprint density at radius 3 is 2.86 bits per heavy atom. The van der Waals surface area contributed by atoms with Gasteiger partial charge in [-0.05, 0) is 6.07 Å². The van der Waals surface area contributed by atoms with Crippen LogP contribution in [0.3, 0.4) is 0 Å². The van der Waals surface area contributed by atoms with Crippen molar-refractivity contribution in [1.82, 2.24) is 9.69 Å². The van der Waals surface area contributed by atoms with E-state index in [1.165, 1.54) is 0 Å². The van der Waals surface area contributed by atoms with Crippen molar-refractivity contribution in [3.8, 4) is 0 Å². The van der Waals surface area contributed by atoms with Gasteiger partial charge in [-0.15, -0.1) is 0 Å². The fourth-order valence-electron chi connectivity index (χ4n) is 0.488. The van der Waals surface area contributed by atoms with Crippen LogP contribution in [0.5, 0.6) is 0 Å². The highest BCUT2D eigenvalue weighted by Crippen LogP contribution is 1.76. The Balaban J connectivity index is 2.76. The van der Waals surface area contributed by atoms with E-state index < -0.39 is 0 Å². The molecular formula is C4H7BN2. The Kier molecular flexibility index (Phi) is 1.15. The average Bonchev–Trinajstić information content (AvgIpc) is 2.14. The molecule has 0 bridgehead atoms. The molecule has 2 nitrogen and oxygen atoms in total. The van der Waals surface area contributed by atoms with Gasteiger partial charge in [-0.1, -0.05) is 6.82 Å². The largest absolute Gasteiger partial charge is 0.322 e. The van der Waals surface area contributed by atoms with Crippen molar-refractivity contribution < 1.29 is 0 Å². The predicted molar refractivity (Wildman–Crippen MR) is 30.6 cm³/mol. The summed E-state index contributed by atoms with van der Waals surface area (Å²) in [5.41, 5.74) is 0. The Morgan fingerprint density at radius 1 is 1.71 bits per heavy atom. The molecule has 0 N–H and O–H groups in total. The lowest BCUT2D eigenvalue weighted by Gasteiger charge is -1.85. The first kappa shape index (κ1) is 4.43. The molecule has 36 valence electrons. The van der Waals surface area contributed by atoms with Crippen LogP contribution >= 0.6 is 0 Å². The van der Waals surface area contributed by atoms with E-state index in [9.17, 15) is 0 Å². The molecule has 0 unspecified atom stereocenters. The topological polar surface area (TPSA) is 17.8 Å². The summed E-state index contributed by atoms with van der Waals surface area (Å²) in [7, 11) is 0.965. The summed E-state index contributed by atoms with van der Waals surface area (Å²) in [5, 5.41) is 3.95. The Hall–Kier alpha value is -0.725. The molecule has 0 aromatic carbocycles. The van der Waals surface area contributed by atoms with E-state index >= 15 is 0 Å². The molecule has 1 aromatic heterocycles. The van der Waals surface area contributed by atoms with Crippen LogP contribution in [0.25, 0.3) is 0 Å². The van der Waals surface area contributed by atoms with Crippen LogP contribution in [0, 0.1) is 0 Å². The van der Waals surface area contributed by atoms with E-state index in [0.29, 0.717) is 0 Å². The average molecular weight is 93.9 g/mol. The summed E-state index contributed by atoms with van der Waals surface area (Å²) < 4.78 is 1.88. The van der Waals surface area contributed by atoms with Crippen molar-refractivity contribution in [2.45, 2.75) is 6.82 Å². The summed E-state index contributed by atoms with van der Waals surface area (Å²) in [6, 6.07) is 1.92. The van der Waals surface area contributed by atoms with Gasteiger partial charge in [0.25, 0.3) is 7.41 Å². The molecule has 0 aliphatic rings. The van der Waals surface area contributed by atoms with E-state index in [1.807, 2.05) is 16.9 Å². The van der Waals surface area contributed by atoms with Crippen LogP contribution in [0.4, 0.5) is 0 Å². The van der Waals surface area contributed by atoms with Gasteiger partial charge in [0, 0.05) is 12.4 Å². The Morgan fingerprint density at radius 2 is 2.57 bits per heavy atom. The van der Waals surface area contributed by atoms with Gasteiger partial charge in [0.1, 0.15) is 0 Å². The minimum Gasteiger partial charge on any atom is -0.322 e. The van der Waals surface area contributed by atoms with Crippen LogP contribution in [0.1, 0.15) is 0 Å². The maximum absolute atomic E-state index is 3.95. The first-order chi connectivity index (χ1) is 3.43. The Labute approximate surface area is 43.4 Å². The molecule has 0 radical (unpaired) electrons. The molecule has 1 rings (SSSR count). The number of rotatable bonds is 1. The van der Waals surface area contributed by atoms with Crippen LogP contribution in [0.2, 0.25) is 6.82 Å². The van der Waals surface area contributed by atoms with E-state index in [2.05, 4.69) is 11.9 Å². The molecule has 0 amide bonds. The molecule has 0 saturated carbocycles. The highest BCUT2D eigenvalue weighted by atomic mass is 15.2. The molecule has 0 aliphatic heterocycles. The smallest absolute Gasteiger partial charge is 0.263 e. The number of nitrogens with zero attached hydrogens (tertiary/aromatic N) is 2. The number of hydrogen-bond acceptors (Lipinski definition) is 1. The van der Waals surface area contributed by atoms with Crippen molar-refractivity contribution >= 4 is 7.41 Å². The van der Waals surface area contributed by atoms with E-state index in [-0.39, 0.29) is 0 Å². The standard InChI is InChI=1S/C4H7BN2/c1-5-7-4-2-3-6-7/h2-5H,1H3. The summed E-state index contributed by atoms with van der Waals surface area (Å²) in [6.45, 7) is 2.06. The third-order valence-corrected chi connectivity index (χ3v) is 0.883. The normalized spacial score (nSPS) is 8.71. The number of hydrogen-bond donors (Lipinski definition) is 0. The summed E-state index contributed by atoms with van der Waals surface area (Å²) in [4.78, 5) is 0. The van der Waals surface area contributed by atoms with Crippen molar-refractivity contribution in [3.05, 3.63) is 18.5 Å². The molecule has 7 heavy (non-hydrogen) atoms. The lowest BCUT2D eigenvalue weighted by atomic mass is 10.0. The SMILES string of the molecule is CBn1cccn1. The van der Waals surface area contributed by atoms with Gasteiger partial charge >= 0.3 is 0 Å². The third-order valence-electron chi connectivity index (χ3n) is 0.883. The van der Waals surface area contributed by atoms with Crippen LogP contribution in [-0.2, 0) is 0 Å². The van der Waals surface area contributed by atoms with Crippen LogP contribution < -0.4 is 0 Å². The lowest BCUT2D eigenvalue weighted by molar-refractivity contribution is 0.977. The second-order valence-corrected chi connectivity index (χ2v) is 1.36. The minimum absolute atomic E-state index is 0.965. The fourth-order valence-corrected chi connectivity index (χ4v) is 0.488. The molecule has 1 heterocycles. The van der Waals surface area contributed by atoms with Gasteiger partial charge in [0.2, 0.25) is 0 Å². The fraction of sp³-hybridized carbons (Fsp3) is 0.250. The molecule has 0 aliphatic carbocycles. The molecule has 1 aromatic rings. The molecule has 0 spiro atoms. The summed E-state index contributed by atoms with van der Waals surface area (Å²) in [6.07, 6.45) is 3.73. The monoisotopic (exact) mass is 94.1 g/mol. The molecule has 0 atom stereocenters. The zero-order chi connectivity index (χ0) is 5.11. The quantitative estimate of drug-likeness (QED) is 0.452. The maximum Gasteiger partial charge on any atom is 0.263 e. The Bertz CT molecular complexity index is 124. The van der Waals surface area contributed by atoms with Gasteiger partial charge in [-0.2, -0.15) is 5.10 Å². The first-order valence-electron chi connectivity index (χ1n) is 2.41. The molecule has 0 saturated heterocycles. The summed E-state index contributed by atoms with van der Waals surface area (Å²) >= 11 is 0. The second-order valence-electron chi connectivity index (χ2n) is 1.36. The highest BCUT2D eigenvalue weighted by molar-refractivity contribution is 6.30. The lowest BCUT2D eigenvalue weighted by Crippen LogP contribution is -1.99. The van der Waals surface area contributed by atoms with Crippen molar-refractivity contribution in [2.24, 2.45) is 0 Å². The van der Waals surface area contributed by atoms with Gasteiger partial charge in [-0.3, -0.25) is 0 Å². The van der Waals surface area contributed by atoms with Crippen molar-refractivity contribution in [1.29, 1.82) is 0 Å². The third kappa shape index (κ3) is 0.826. The maximum atomic E-state index is 3.95. The van der Waals surface area contributed by atoms with Gasteiger partial charge in [0.15, 0.2) is 0 Å². The second kappa shape index (κ2) is 1.82. The van der Waals surface area contributed by atoms with E-state index in [1.54, 1.807) is 6.20 Å². The number of aromatic nitrogens is 2. The van der Waals surface area contributed by atoms with Crippen LogP contribution in [0.15, 0.2) is 18.5 Å². The predicted octanol–water partition coefficient (Wildman–Crippen LogP) is 0.131.